The number of halogens is 2. The SMILES string of the molecule is CCNC(c1ccc(F)c(F)c1)c1c(OC)cnn1C. The van der Waals surface area contributed by atoms with Gasteiger partial charge in [0.1, 0.15) is 5.69 Å². The van der Waals surface area contributed by atoms with Gasteiger partial charge in [-0.1, -0.05) is 13.0 Å². The van der Waals surface area contributed by atoms with Crippen LogP contribution in [-0.4, -0.2) is 23.4 Å². The van der Waals surface area contributed by atoms with E-state index in [2.05, 4.69) is 10.4 Å². The first-order chi connectivity index (χ1) is 9.58. The minimum Gasteiger partial charge on any atom is -0.493 e. The molecule has 20 heavy (non-hydrogen) atoms. The first-order valence-corrected chi connectivity index (χ1v) is 6.32. The predicted octanol–water partition coefficient (Wildman–Crippen LogP) is 2.41. The predicted molar refractivity (Wildman–Crippen MR) is 71.6 cm³/mol. The molecule has 1 atom stereocenters. The van der Waals surface area contributed by atoms with Gasteiger partial charge in [0.25, 0.3) is 0 Å². The van der Waals surface area contributed by atoms with E-state index in [1.165, 1.54) is 6.07 Å². The molecule has 1 unspecified atom stereocenters. The van der Waals surface area contributed by atoms with E-state index in [0.717, 1.165) is 11.8 Å². The number of ether oxygens (including phenoxy) is 1. The van der Waals surface area contributed by atoms with Crippen LogP contribution < -0.4 is 10.1 Å². The Morgan fingerprint density at radius 3 is 2.70 bits per heavy atom. The molecule has 0 fully saturated rings. The molecule has 0 amide bonds. The van der Waals surface area contributed by atoms with E-state index in [0.29, 0.717) is 17.9 Å². The molecule has 1 aromatic heterocycles. The number of hydrogen-bond donors (Lipinski definition) is 1. The zero-order valence-corrected chi connectivity index (χ0v) is 11.7. The van der Waals surface area contributed by atoms with Crippen molar-refractivity contribution in [1.29, 1.82) is 0 Å². The van der Waals surface area contributed by atoms with Crippen molar-refractivity contribution in [2.45, 2.75) is 13.0 Å². The van der Waals surface area contributed by atoms with Crippen molar-refractivity contribution in [2.75, 3.05) is 13.7 Å². The van der Waals surface area contributed by atoms with Crippen LogP contribution in [0.25, 0.3) is 0 Å². The Hall–Kier alpha value is -1.95. The van der Waals surface area contributed by atoms with Gasteiger partial charge < -0.3 is 10.1 Å². The van der Waals surface area contributed by atoms with Crippen LogP contribution in [0.5, 0.6) is 5.75 Å². The highest BCUT2D eigenvalue weighted by Crippen LogP contribution is 2.30. The van der Waals surface area contributed by atoms with Gasteiger partial charge in [-0.3, -0.25) is 4.68 Å². The van der Waals surface area contributed by atoms with Gasteiger partial charge in [-0.2, -0.15) is 5.10 Å². The Morgan fingerprint density at radius 1 is 1.35 bits per heavy atom. The van der Waals surface area contributed by atoms with Gasteiger partial charge in [-0.25, -0.2) is 8.78 Å². The van der Waals surface area contributed by atoms with E-state index in [9.17, 15) is 8.78 Å². The Balaban J connectivity index is 2.49. The van der Waals surface area contributed by atoms with Crippen LogP contribution in [0.2, 0.25) is 0 Å². The summed E-state index contributed by atoms with van der Waals surface area (Å²) in [5, 5.41) is 7.37. The number of benzene rings is 1. The topological polar surface area (TPSA) is 39.1 Å². The average molecular weight is 281 g/mol. The molecule has 0 bridgehead atoms. The summed E-state index contributed by atoms with van der Waals surface area (Å²) in [7, 11) is 3.33. The van der Waals surface area contributed by atoms with Crippen molar-refractivity contribution in [1.82, 2.24) is 15.1 Å². The minimum absolute atomic E-state index is 0.322. The van der Waals surface area contributed by atoms with Gasteiger partial charge in [0.15, 0.2) is 17.4 Å². The molecule has 6 heteroatoms. The van der Waals surface area contributed by atoms with Crippen LogP contribution in [0, 0.1) is 11.6 Å². The molecule has 0 saturated carbocycles. The van der Waals surface area contributed by atoms with Crippen LogP contribution in [0.1, 0.15) is 24.2 Å². The molecule has 0 radical (unpaired) electrons. The summed E-state index contributed by atoms with van der Waals surface area (Å²) in [5.41, 5.74) is 1.38. The number of aromatic nitrogens is 2. The lowest BCUT2D eigenvalue weighted by atomic mass is 10.0. The quantitative estimate of drug-likeness (QED) is 0.914. The number of aryl methyl sites for hydroxylation is 1. The highest BCUT2D eigenvalue weighted by atomic mass is 19.2. The molecule has 0 saturated heterocycles. The summed E-state index contributed by atoms with van der Waals surface area (Å²) in [6.07, 6.45) is 1.60. The van der Waals surface area contributed by atoms with Crippen molar-refractivity contribution in [3.05, 3.63) is 47.3 Å². The van der Waals surface area contributed by atoms with E-state index in [1.807, 2.05) is 6.92 Å². The van der Waals surface area contributed by atoms with Gasteiger partial charge >= 0.3 is 0 Å². The molecule has 0 spiro atoms. The summed E-state index contributed by atoms with van der Waals surface area (Å²) < 4.78 is 33.5. The highest BCUT2D eigenvalue weighted by Gasteiger charge is 2.22. The highest BCUT2D eigenvalue weighted by molar-refractivity contribution is 5.36. The van der Waals surface area contributed by atoms with Crippen molar-refractivity contribution in [3.63, 3.8) is 0 Å². The summed E-state index contributed by atoms with van der Waals surface area (Å²) >= 11 is 0. The Labute approximate surface area is 116 Å². The molecular weight excluding hydrogens is 264 g/mol. The van der Waals surface area contributed by atoms with Crippen LogP contribution in [-0.2, 0) is 7.05 Å². The number of nitrogens with one attached hydrogen (secondary N) is 1. The van der Waals surface area contributed by atoms with E-state index in [1.54, 1.807) is 31.1 Å². The molecule has 1 aromatic carbocycles. The molecule has 2 aromatic rings. The lowest BCUT2D eigenvalue weighted by Gasteiger charge is -2.20. The van der Waals surface area contributed by atoms with Gasteiger partial charge in [-0.15, -0.1) is 0 Å². The van der Waals surface area contributed by atoms with Crippen molar-refractivity contribution in [3.8, 4) is 5.75 Å². The standard InChI is InChI=1S/C14H17F2N3O/c1-4-17-13(9-5-6-10(15)11(16)7-9)14-12(20-3)8-18-19(14)2/h5-8,13,17H,4H2,1-3H3. The zero-order valence-electron chi connectivity index (χ0n) is 11.7. The molecule has 0 aliphatic rings. The number of nitrogens with zero attached hydrogens (tertiary/aromatic N) is 2. The van der Waals surface area contributed by atoms with Crippen molar-refractivity contribution in [2.24, 2.45) is 7.05 Å². The molecule has 108 valence electrons. The number of rotatable bonds is 5. The lowest BCUT2D eigenvalue weighted by Crippen LogP contribution is -2.25. The van der Waals surface area contributed by atoms with E-state index in [4.69, 9.17) is 4.74 Å². The zero-order chi connectivity index (χ0) is 14.7. The summed E-state index contributed by atoms with van der Waals surface area (Å²) in [6, 6.07) is 3.54. The third kappa shape index (κ3) is 2.65. The Kier molecular flexibility index (Phi) is 4.34. The maximum Gasteiger partial charge on any atom is 0.161 e. The lowest BCUT2D eigenvalue weighted by molar-refractivity contribution is 0.401. The van der Waals surface area contributed by atoms with Crippen molar-refractivity contribution < 1.29 is 13.5 Å². The molecular formula is C14H17F2N3O. The second-order valence-corrected chi connectivity index (χ2v) is 4.39. The van der Waals surface area contributed by atoms with Gasteiger partial charge in [0, 0.05) is 7.05 Å². The van der Waals surface area contributed by atoms with Gasteiger partial charge in [0.2, 0.25) is 0 Å². The van der Waals surface area contributed by atoms with Gasteiger partial charge in [0.05, 0.1) is 19.3 Å². The molecule has 0 aliphatic carbocycles. The fourth-order valence-electron chi connectivity index (χ4n) is 2.18. The molecule has 1 N–H and O–H groups in total. The van der Waals surface area contributed by atoms with Gasteiger partial charge in [-0.05, 0) is 24.2 Å². The Morgan fingerprint density at radius 2 is 2.10 bits per heavy atom. The summed E-state index contributed by atoms with van der Waals surface area (Å²) in [4.78, 5) is 0. The van der Waals surface area contributed by atoms with Crippen LogP contribution >= 0.6 is 0 Å². The Bertz CT molecular complexity index is 598. The molecule has 1 heterocycles. The average Bonchev–Trinajstić information content (AvgIpc) is 2.80. The minimum atomic E-state index is -0.869. The van der Waals surface area contributed by atoms with Crippen LogP contribution in [0.3, 0.4) is 0 Å². The second kappa shape index (κ2) is 6.00. The van der Waals surface area contributed by atoms with E-state index in [-0.39, 0.29) is 6.04 Å². The molecule has 0 aliphatic heterocycles. The maximum atomic E-state index is 13.4. The van der Waals surface area contributed by atoms with Crippen molar-refractivity contribution >= 4 is 0 Å². The monoisotopic (exact) mass is 281 g/mol. The van der Waals surface area contributed by atoms with Crippen LogP contribution in [0.4, 0.5) is 8.78 Å². The normalized spacial score (nSPS) is 12.4. The second-order valence-electron chi connectivity index (χ2n) is 4.39. The third-order valence-corrected chi connectivity index (χ3v) is 3.13. The van der Waals surface area contributed by atoms with E-state index >= 15 is 0 Å². The summed E-state index contributed by atoms with van der Waals surface area (Å²) in [6.45, 7) is 2.60. The molecule has 2 rings (SSSR count). The van der Waals surface area contributed by atoms with Crippen LogP contribution in [0.15, 0.2) is 24.4 Å². The first kappa shape index (κ1) is 14.5. The smallest absolute Gasteiger partial charge is 0.161 e. The number of methoxy groups -OCH3 is 1. The maximum absolute atomic E-state index is 13.4. The fraction of sp³-hybridized carbons (Fsp3) is 0.357. The first-order valence-electron chi connectivity index (χ1n) is 6.32. The van der Waals surface area contributed by atoms with E-state index < -0.39 is 11.6 Å². The molecule has 4 nitrogen and oxygen atoms in total. The largest absolute Gasteiger partial charge is 0.493 e. The number of hydrogen-bond acceptors (Lipinski definition) is 3. The third-order valence-electron chi connectivity index (χ3n) is 3.13. The fourth-order valence-corrected chi connectivity index (χ4v) is 2.18. The summed E-state index contributed by atoms with van der Waals surface area (Å²) in [5.74, 6) is -1.13.